The van der Waals surface area contributed by atoms with Gasteiger partial charge in [-0.05, 0) is 44.6 Å². The molecule has 0 radical (unpaired) electrons. The molecule has 1 aromatic carbocycles. The van der Waals surface area contributed by atoms with E-state index in [9.17, 15) is 0 Å². The van der Waals surface area contributed by atoms with E-state index < -0.39 is 0 Å². The highest BCUT2D eigenvalue weighted by Gasteiger charge is 2.21. The van der Waals surface area contributed by atoms with Gasteiger partial charge in [0.15, 0.2) is 0 Å². The van der Waals surface area contributed by atoms with E-state index in [0.717, 1.165) is 24.5 Å². The Morgan fingerprint density at radius 1 is 1.22 bits per heavy atom. The van der Waals surface area contributed by atoms with Crippen molar-refractivity contribution in [3.63, 3.8) is 0 Å². The number of rotatable bonds is 3. The van der Waals surface area contributed by atoms with Gasteiger partial charge in [-0.2, -0.15) is 0 Å². The smallest absolute Gasteiger partial charge is 0.0366 e. The molecule has 0 aromatic heterocycles. The van der Waals surface area contributed by atoms with Gasteiger partial charge in [-0.15, -0.1) is 0 Å². The van der Waals surface area contributed by atoms with Crippen LogP contribution in [0.15, 0.2) is 30.8 Å². The zero-order valence-electron chi connectivity index (χ0n) is 11.4. The molecule has 1 saturated heterocycles. The summed E-state index contributed by atoms with van der Waals surface area (Å²) in [4.78, 5) is 4.70. The molecule has 98 valence electrons. The lowest BCUT2D eigenvalue weighted by Crippen LogP contribution is -2.40. The molecular weight excluding hydrogens is 222 g/mol. The number of hydrogen-bond donors (Lipinski definition) is 1. The molecule has 1 aromatic rings. The molecule has 1 fully saturated rings. The van der Waals surface area contributed by atoms with Crippen LogP contribution in [0.25, 0.3) is 5.70 Å². The Morgan fingerprint density at radius 3 is 2.28 bits per heavy atom. The van der Waals surface area contributed by atoms with Crippen LogP contribution in [0, 0.1) is 0 Å². The van der Waals surface area contributed by atoms with E-state index in [1.54, 1.807) is 0 Å². The molecule has 1 aliphatic rings. The molecule has 0 bridgehead atoms. The summed E-state index contributed by atoms with van der Waals surface area (Å²) >= 11 is 0. The molecule has 18 heavy (non-hydrogen) atoms. The summed E-state index contributed by atoms with van der Waals surface area (Å²) in [6.07, 6.45) is 2.42. The topological polar surface area (TPSA) is 32.5 Å². The molecule has 0 unspecified atom stereocenters. The Balaban J connectivity index is 1.97. The van der Waals surface area contributed by atoms with Crippen LogP contribution in [-0.4, -0.2) is 43.0 Å². The van der Waals surface area contributed by atoms with Gasteiger partial charge in [0.2, 0.25) is 0 Å². The fourth-order valence-corrected chi connectivity index (χ4v) is 2.51. The van der Waals surface area contributed by atoms with E-state index >= 15 is 0 Å². The summed E-state index contributed by atoms with van der Waals surface area (Å²) in [7, 11) is 4.32. The molecule has 0 amide bonds. The number of benzene rings is 1. The molecule has 2 N–H and O–H groups in total. The number of nitrogen functional groups attached to an aromatic ring is 1. The van der Waals surface area contributed by atoms with Gasteiger partial charge < -0.3 is 15.5 Å². The molecule has 2 rings (SSSR count). The number of nitrogens with zero attached hydrogens (tertiary/aromatic N) is 2. The van der Waals surface area contributed by atoms with E-state index in [-0.39, 0.29) is 0 Å². The monoisotopic (exact) mass is 245 g/mol. The highest BCUT2D eigenvalue weighted by Crippen LogP contribution is 2.24. The summed E-state index contributed by atoms with van der Waals surface area (Å²) in [5.41, 5.74) is 8.80. The number of anilines is 1. The third kappa shape index (κ3) is 2.85. The zero-order valence-corrected chi connectivity index (χ0v) is 11.4. The second-order valence-corrected chi connectivity index (χ2v) is 5.25. The SMILES string of the molecule is C=C(c1ccc(N)cc1)N1CCC(N(C)C)CC1. The first kappa shape index (κ1) is 13.0. The van der Waals surface area contributed by atoms with Crippen molar-refractivity contribution < 1.29 is 0 Å². The predicted octanol–water partition coefficient (Wildman–Crippen LogP) is 2.27. The van der Waals surface area contributed by atoms with Gasteiger partial charge in [0.05, 0.1) is 0 Å². The highest BCUT2D eigenvalue weighted by molar-refractivity contribution is 5.63. The fourth-order valence-electron chi connectivity index (χ4n) is 2.51. The van der Waals surface area contributed by atoms with Gasteiger partial charge in [0.25, 0.3) is 0 Å². The predicted molar refractivity (Wildman–Crippen MR) is 78.2 cm³/mol. The number of likely N-dealkylation sites (tertiary alicyclic amines) is 1. The number of piperidine rings is 1. The lowest BCUT2D eigenvalue weighted by molar-refractivity contribution is 0.186. The first-order valence-electron chi connectivity index (χ1n) is 6.54. The van der Waals surface area contributed by atoms with Crippen LogP contribution in [-0.2, 0) is 0 Å². The molecule has 0 aliphatic carbocycles. The van der Waals surface area contributed by atoms with Crippen molar-refractivity contribution in [2.75, 3.05) is 32.9 Å². The minimum atomic E-state index is 0.709. The third-order valence-corrected chi connectivity index (χ3v) is 3.82. The van der Waals surface area contributed by atoms with Crippen LogP contribution < -0.4 is 5.73 Å². The van der Waals surface area contributed by atoms with Crippen LogP contribution in [0.2, 0.25) is 0 Å². The Labute approximate surface area is 110 Å². The largest absolute Gasteiger partial charge is 0.399 e. The first-order chi connectivity index (χ1) is 8.58. The third-order valence-electron chi connectivity index (χ3n) is 3.82. The standard InChI is InChI=1S/C15H23N3/c1-12(13-4-6-14(16)7-5-13)18-10-8-15(9-11-18)17(2)3/h4-7,15H,1,8-11,16H2,2-3H3. The summed E-state index contributed by atoms with van der Waals surface area (Å²) in [6, 6.07) is 8.69. The molecule has 3 heteroatoms. The Hall–Kier alpha value is -1.48. The minimum Gasteiger partial charge on any atom is -0.399 e. The Kier molecular flexibility index (Phi) is 3.92. The summed E-state index contributed by atoms with van der Waals surface area (Å²) in [5.74, 6) is 0. The molecule has 3 nitrogen and oxygen atoms in total. The van der Waals surface area contributed by atoms with Gasteiger partial charge in [-0.3, -0.25) is 0 Å². The van der Waals surface area contributed by atoms with Crippen LogP contribution in [0.5, 0.6) is 0 Å². The quantitative estimate of drug-likeness (QED) is 0.829. The number of hydrogen-bond acceptors (Lipinski definition) is 3. The van der Waals surface area contributed by atoms with Crippen molar-refractivity contribution in [2.45, 2.75) is 18.9 Å². The van der Waals surface area contributed by atoms with E-state index in [1.807, 2.05) is 12.1 Å². The lowest BCUT2D eigenvalue weighted by atomic mass is 10.0. The highest BCUT2D eigenvalue weighted by atomic mass is 15.2. The summed E-state index contributed by atoms with van der Waals surface area (Å²) < 4.78 is 0. The maximum atomic E-state index is 5.71. The van der Waals surface area contributed by atoms with Gasteiger partial charge in [0.1, 0.15) is 0 Å². The van der Waals surface area contributed by atoms with Gasteiger partial charge >= 0.3 is 0 Å². The maximum Gasteiger partial charge on any atom is 0.0366 e. The van der Waals surface area contributed by atoms with Crippen LogP contribution >= 0.6 is 0 Å². The van der Waals surface area contributed by atoms with Crippen LogP contribution in [0.4, 0.5) is 5.69 Å². The van der Waals surface area contributed by atoms with Gasteiger partial charge in [-0.1, -0.05) is 18.7 Å². The first-order valence-corrected chi connectivity index (χ1v) is 6.54. The van der Waals surface area contributed by atoms with Crippen molar-refractivity contribution in [1.82, 2.24) is 9.80 Å². The van der Waals surface area contributed by atoms with Gasteiger partial charge in [0, 0.05) is 30.5 Å². The summed E-state index contributed by atoms with van der Waals surface area (Å²) in [6.45, 7) is 6.40. The Bertz CT molecular complexity index is 400. The fraction of sp³-hybridized carbons (Fsp3) is 0.467. The van der Waals surface area contributed by atoms with Crippen LogP contribution in [0.3, 0.4) is 0 Å². The van der Waals surface area contributed by atoms with E-state index in [2.05, 4.69) is 42.6 Å². The summed E-state index contributed by atoms with van der Waals surface area (Å²) in [5, 5.41) is 0. The normalized spacial score (nSPS) is 17.2. The van der Waals surface area contributed by atoms with E-state index in [4.69, 9.17) is 5.73 Å². The molecule has 0 saturated carbocycles. The molecule has 1 heterocycles. The van der Waals surface area contributed by atoms with Crippen molar-refractivity contribution in [2.24, 2.45) is 0 Å². The minimum absolute atomic E-state index is 0.709. The average Bonchev–Trinajstić information content (AvgIpc) is 2.39. The van der Waals surface area contributed by atoms with Crippen molar-refractivity contribution in [3.05, 3.63) is 36.4 Å². The molecular formula is C15H23N3. The van der Waals surface area contributed by atoms with E-state index in [0.29, 0.717) is 6.04 Å². The van der Waals surface area contributed by atoms with Gasteiger partial charge in [-0.25, -0.2) is 0 Å². The Morgan fingerprint density at radius 2 is 1.78 bits per heavy atom. The van der Waals surface area contributed by atoms with Crippen molar-refractivity contribution >= 4 is 11.4 Å². The maximum absolute atomic E-state index is 5.71. The lowest BCUT2D eigenvalue weighted by Gasteiger charge is -2.37. The second kappa shape index (κ2) is 5.44. The second-order valence-electron chi connectivity index (χ2n) is 5.25. The average molecular weight is 245 g/mol. The number of nitrogens with two attached hydrogens (primary N) is 1. The van der Waals surface area contributed by atoms with Crippen molar-refractivity contribution in [1.29, 1.82) is 0 Å². The van der Waals surface area contributed by atoms with Crippen LogP contribution in [0.1, 0.15) is 18.4 Å². The van der Waals surface area contributed by atoms with Crippen molar-refractivity contribution in [3.8, 4) is 0 Å². The molecule has 1 aliphatic heterocycles. The molecule has 0 atom stereocenters. The van der Waals surface area contributed by atoms with E-state index in [1.165, 1.54) is 18.4 Å². The molecule has 0 spiro atoms. The zero-order chi connectivity index (χ0) is 13.1.